The Morgan fingerprint density at radius 1 is 1.03 bits per heavy atom. The van der Waals surface area contributed by atoms with Gasteiger partial charge in [-0.15, -0.1) is 10.2 Å². The molecule has 0 spiro atoms. The molecule has 7 nitrogen and oxygen atoms in total. The maximum Gasteiger partial charge on any atom is 0.418 e. The van der Waals surface area contributed by atoms with Crippen LogP contribution in [0, 0.1) is 17.1 Å². The zero-order chi connectivity index (χ0) is 27.7. The van der Waals surface area contributed by atoms with E-state index >= 15 is 0 Å². The van der Waals surface area contributed by atoms with E-state index in [1.807, 2.05) is 41.3 Å². The van der Waals surface area contributed by atoms with Gasteiger partial charge in [0.25, 0.3) is 0 Å². The van der Waals surface area contributed by atoms with Crippen LogP contribution in [0.1, 0.15) is 18.1 Å². The van der Waals surface area contributed by atoms with E-state index in [9.17, 15) is 22.4 Å². The highest BCUT2D eigenvalue weighted by molar-refractivity contribution is 6.00. The molecule has 11 heteroatoms. The molecular weight excluding hydrogens is 512 g/mol. The SMILES string of the molecule is CC1CN(c2nnc(-c3ccc(C#N)cc3)c3ccccc23)CCN1C(=O)Nc1ccc(F)cc1C(F)(F)F. The van der Waals surface area contributed by atoms with Crippen molar-refractivity contribution in [3.8, 4) is 17.3 Å². The maximum atomic E-state index is 13.4. The highest BCUT2D eigenvalue weighted by atomic mass is 19.4. The van der Waals surface area contributed by atoms with Gasteiger partial charge in [-0.25, -0.2) is 9.18 Å². The summed E-state index contributed by atoms with van der Waals surface area (Å²) in [7, 11) is 0. The smallest absolute Gasteiger partial charge is 0.351 e. The Labute approximate surface area is 221 Å². The van der Waals surface area contributed by atoms with Crippen molar-refractivity contribution < 1.29 is 22.4 Å². The molecule has 1 N–H and O–H groups in total. The first kappa shape index (κ1) is 25.9. The summed E-state index contributed by atoms with van der Waals surface area (Å²) in [5, 5.41) is 22.1. The first-order chi connectivity index (χ1) is 18.7. The third-order valence-electron chi connectivity index (χ3n) is 6.67. The molecule has 1 aromatic heterocycles. The van der Waals surface area contributed by atoms with Crippen molar-refractivity contribution in [1.29, 1.82) is 5.26 Å². The number of fused-ring (bicyclic) bond motifs is 1. The zero-order valence-corrected chi connectivity index (χ0v) is 20.7. The summed E-state index contributed by atoms with van der Waals surface area (Å²) in [6.07, 6.45) is -4.82. The number of hydrogen-bond donors (Lipinski definition) is 1. The molecule has 1 aliphatic heterocycles. The summed E-state index contributed by atoms with van der Waals surface area (Å²) >= 11 is 0. The number of alkyl halides is 3. The lowest BCUT2D eigenvalue weighted by Gasteiger charge is -2.40. The first-order valence-electron chi connectivity index (χ1n) is 12.1. The number of urea groups is 1. The molecule has 0 radical (unpaired) electrons. The van der Waals surface area contributed by atoms with Crippen molar-refractivity contribution >= 4 is 28.3 Å². The molecule has 3 aromatic carbocycles. The van der Waals surface area contributed by atoms with Crippen molar-refractivity contribution in [1.82, 2.24) is 15.1 Å². The lowest BCUT2D eigenvalue weighted by Crippen LogP contribution is -2.55. The number of nitrogens with zero attached hydrogens (tertiary/aromatic N) is 5. The van der Waals surface area contributed by atoms with E-state index < -0.39 is 29.3 Å². The van der Waals surface area contributed by atoms with Crippen LogP contribution in [0.25, 0.3) is 22.0 Å². The molecule has 1 atom stereocenters. The average Bonchev–Trinajstić information content (AvgIpc) is 2.93. The van der Waals surface area contributed by atoms with Crippen LogP contribution in [-0.2, 0) is 6.18 Å². The van der Waals surface area contributed by atoms with Crippen molar-refractivity contribution in [2.75, 3.05) is 29.9 Å². The molecule has 2 amide bonds. The molecule has 0 bridgehead atoms. The third-order valence-corrected chi connectivity index (χ3v) is 6.67. The molecule has 1 saturated heterocycles. The number of hydrogen-bond acceptors (Lipinski definition) is 5. The molecular formula is C28H22F4N6O. The fourth-order valence-corrected chi connectivity index (χ4v) is 4.74. The Bertz CT molecular complexity index is 1580. The van der Waals surface area contributed by atoms with Crippen LogP contribution in [-0.4, -0.2) is 46.8 Å². The Morgan fingerprint density at radius 2 is 1.74 bits per heavy atom. The molecule has 4 aromatic rings. The summed E-state index contributed by atoms with van der Waals surface area (Å²) in [5.41, 5.74) is 0.283. The molecule has 0 saturated carbocycles. The van der Waals surface area contributed by atoms with E-state index in [1.165, 1.54) is 4.90 Å². The predicted octanol–water partition coefficient (Wildman–Crippen LogP) is 6.07. The third kappa shape index (κ3) is 5.18. The number of aromatic nitrogens is 2. The van der Waals surface area contributed by atoms with Gasteiger partial charge in [0.2, 0.25) is 0 Å². The van der Waals surface area contributed by atoms with Crippen molar-refractivity contribution in [3.63, 3.8) is 0 Å². The standard InChI is InChI=1S/C28H22F4N6O/c1-17-16-37(12-13-38(17)27(39)34-24-11-10-20(29)14-23(24)28(30,31)32)26-22-5-3-2-4-21(22)25(35-36-26)19-8-6-18(15-33)7-9-19/h2-11,14,17H,12-13,16H2,1H3,(H,34,39). The largest absolute Gasteiger partial charge is 0.418 e. The molecule has 2 heterocycles. The van der Waals surface area contributed by atoms with Gasteiger partial charge in [-0.05, 0) is 37.3 Å². The lowest BCUT2D eigenvalue weighted by molar-refractivity contribution is -0.137. The molecule has 5 rings (SSSR count). The molecule has 1 fully saturated rings. The van der Waals surface area contributed by atoms with E-state index in [0.717, 1.165) is 28.5 Å². The number of carbonyl (C=O) groups is 1. The summed E-state index contributed by atoms with van der Waals surface area (Å²) in [6.45, 7) is 2.77. The number of piperazine rings is 1. The van der Waals surface area contributed by atoms with E-state index in [0.29, 0.717) is 36.2 Å². The number of nitrogens with one attached hydrogen (secondary N) is 1. The predicted molar refractivity (Wildman–Crippen MR) is 138 cm³/mol. The van der Waals surface area contributed by atoms with Crippen LogP contribution in [0.5, 0.6) is 0 Å². The van der Waals surface area contributed by atoms with Gasteiger partial charge in [0, 0.05) is 42.0 Å². The number of amides is 2. The average molecular weight is 535 g/mol. The highest BCUT2D eigenvalue weighted by Gasteiger charge is 2.36. The number of rotatable bonds is 3. The second kappa shape index (κ2) is 10.2. The van der Waals surface area contributed by atoms with Crippen LogP contribution in [0.3, 0.4) is 0 Å². The van der Waals surface area contributed by atoms with Crippen molar-refractivity contribution in [2.45, 2.75) is 19.1 Å². The fourth-order valence-electron chi connectivity index (χ4n) is 4.74. The van der Waals surface area contributed by atoms with Gasteiger partial charge in [0.05, 0.1) is 22.9 Å². The normalized spacial score (nSPS) is 15.7. The number of benzene rings is 3. The summed E-state index contributed by atoms with van der Waals surface area (Å²) < 4.78 is 53.6. The maximum absolute atomic E-state index is 13.4. The van der Waals surface area contributed by atoms with Crippen LogP contribution in [0.2, 0.25) is 0 Å². The Kier molecular flexibility index (Phi) is 6.78. The Balaban J connectivity index is 1.37. The highest BCUT2D eigenvalue weighted by Crippen LogP contribution is 2.36. The minimum Gasteiger partial charge on any atom is -0.351 e. The number of nitriles is 1. The van der Waals surface area contributed by atoms with E-state index in [-0.39, 0.29) is 12.6 Å². The molecule has 198 valence electrons. The first-order valence-corrected chi connectivity index (χ1v) is 12.1. The minimum absolute atomic E-state index is 0.225. The monoisotopic (exact) mass is 534 g/mol. The van der Waals surface area contributed by atoms with Gasteiger partial charge in [-0.3, -0.25) is 0 Å². The minimum atomic E-state index is -4.82. The van der Waals surface area contributed by atoms with Gasteiger partial charge in [0.15, 0.2) is 5.82 Å². The summed E-state index contributed by atoms with van der Waals surface area (Å²) in [6, 6.07) is 17.9. The number of carbonyl (C=O) groups excluding carboxylic acids is 1. The van der Waals surface area contributed by atoms with Crippen LogP contribution in [0.15, 0.2) is 66.7 Å². The Morgan fingerprint density at radius 3 is 2.41 bits per heavy atom. The molecule has 0 aliphatic carbocycles. The quantitative estimate of drug-likeness (QED) is 0.323. The second-order valence-corrected chi connectivity index (χ2v) is 9.21. The summed E-state index contributed by atoms with van der Waals surface area (Å²) in [4.78, 5) is 16.4. The van der Waals surface area contributed by atoms with Gasteiger partial charge in [-0.1, -0.05) is 36.4 Å². The van der Waals surface area contributed by atoms with Crippen LogP contribution >= 0.6 is 0 Å². The zero-order valence-electron chi connectivity index (χ0n) is 20.7. The van der Waals surface area contributed by atoms with Crippen molar-refractivity contribution in [3.05, 3.63) is 83.7 Å². The summed E-state index contributed by atoms with van der Waals surface area (Å²) in [5.74, 6) is -0.409. The van der Waals surface area contributed by atoms with Crippen LogP contribution < -0.4 is 10.2 Å². The molecule has 1 aliphatic rings. The van der Waals surface area contributed by atoms with Gasteiger partial charge >= 0.3 is 12.2 Å². The van der Waals surface area contributed by atoms with Crippen molar-refractivity contribution in [2.24, 2.45) is 0 Å². The topological polar surface area (TPSA) is 85.2 Å². The second-order valence-electron chi connectivity index (χ2n) is 9.21. The van der Waals surface area contributed by atoms with Gasteiger partial charge in [0.1, 0.15) is 11.5 Å². The van der Waals surface area contributed by atoms with Gasteiger partial charge < -0.3 is 15.1 Å². The number of anilines is 2. The fraction of sp³-hybridized carbons (Fsp3) is 0.214. The Hall–Kier alpha value is -4.72. The van der Waals surface area contributed by atoms with E-state index in [2.05, 4.69) is 21.6 Å². The van der Waals surface area contributed by atoms with E-state index in [4.69, 9.17) is 5.26 Å². The molecule has 39 heavy (non-hydrogen) atoms. The lowest BCUT2D eigenvalue weighted by atomic mass is 10.0. The van der Waals surface area contributed by atoms with E-state index in [1.54, 1.807) is 19.1 Å². The van der Waals surface area contributed by atoms with Crippen LogP contribution in [0.4, 0.5) is 33.9 Å². The molecule has 1 unspecified atom stereocenters. The van der Waals surface area contributed by atoms with Gasteiger partial charge in [-0.2, -0.15) is 18.4 Å². The number of halogens is 4.